The first-order valence-corrected chi connectivity index (χ1v) is 9.42. The van der Waals surface area contributed by atoms with Crippen molar-refractivity contribution in [1.29, 1.82) is 0 Å². The first-order chi connectivity index (χ1) is 10.4. The minimum Gasteiger partial charge on any atom is -0.399 e. The van der Waals surface area contributed by atoms with Crippen LogP contribution in [-0.4, -0.2) is 32.3 Å². The summed E-state index contributed by atoms with van der Waals surface area (Å²) in [6, 6.07) is 6.72. The van der Waals surface area contributed by atoms with Crippen molar-refractivity contribution in [1.82, 2.24) is 4.72 Å². The normalized spacial score (nSPS) is 24.7. The Morgan fingerprint density at radius 2 is 1.43 bits per heavy atom. The van der Waals surface area contributed by atoms with E-state index < -0.39 is 28.3 Å². The van der Waals surface area contributed by atoms with Gasteiger partial charge in [-0.05, 0) is 65.1 Å². The predicted octanol–water partition coefficient (Wildman–Crippen LogP) is 1.82. The fourth-order valence-corrected chi connectivity index (χ4v) is 3.92. The molecule has 1 aromatic carbocycles. The van der Waals surface area contributed by atoms with Gasteiger partial charge in [0.2, 0.25) is 10.0 Å². The Balaban J connectivity index is 1.78. The molecule has 1 aromatic rings. The molecule has 7 heteroatoms. The van der Waals surface area contributed by atoms with Crippen LogP contribution in [0.4, 0.5) is 0 Å². The molecule has 2 fully saturated rings. The van der Waals surface area contributed by atoms with Gasteiger partial charge in [0.05, 0.1) is 16.1 Å². The summed E-state index contributed by atoms with van der Waals surface area (Å²) in [6.45, 7) is 9.89. The molecule has 0 spiro atoms. The standard InChI is InChI=1S/C16H24BNO4S/c1-14(2)15(3,4)22-17(21-14)12-6-8-13(9-7-12)23(19,20)18-16(5)10-11-16/h6-9,18H,10-11H2,1-5H3. The Labute approximate surface area is 138 Å². The highest BCUT2D eigenvalue weighted by molar-refractivity contribution is 7.89. The Morgan fingerprint density at radius 1 is 0.957 bits per heavy atom. The highest BCUT2D eigenvalue weighted by Crippen LogP contribution is 2.37. The summed E-state index contributed by atoms with van der Waals surface area (Å²) in [5.41, 5.74) is -0.279. The van der Waals surface area contributed by atoms with Crippen LogP contribution in [0.1, 0.15) is 47.5 Å². The second-order valence-corrected chi connectivity index (χ2v) is 9.51. The van der Waals surface area contributed by atoms with Crippen molar-refractivity contribution in [3.63, 3.8) is 0 Å². The second-order valence-electron chi connectivity index (χ2n) is 7.82. The lowest BCUT2D eigenvalue weighted by Crippen LogP contribution is -2.41. The Kier molecular flexibility index (Phi) is 3.73. The van der Waals surface area contributed by atoms with E-state index in [4.69, 9.17) is 9.31 Å². The summed E-state index contributed by atoms with van der Waals surface area (Å²) in [6.07, 6.45) is 1.77. The van der Waals surface area contributed by atoms with Gasteiger partial charge in [-0.1, -0.05) is 12.1 Å². The van der Waals surface area contributed by atoms with Crippen molar-refractivity contribution in [3.05, 3.63) is 24.3 Å². The molecule has 1 N–H and O–H groups in total. The molecule has 0 atom stereocenters. The molecule has 1 saturated carbocycles. The van der Waals surface area contributed by atoms with Crippen molar-refractivity contribution < 1.29 is 17.7 Å². The van der Waals surface area contributed by atoms with Gasteiger partial charge in [0.15, 0.2) is 0 Å². The van der Waals surface area contributed by atoms with E-state index in [1.165, 1.54) is 0 Å². The minimum absolute atomic E-state index is 0.269. The first-order valence-electron chi connectivity index (χ1n) is 7.94. The Hall–Kier alpha value is -0.885. The van der Waals surface area contributed by atoms with E-state index in [0.29, 0.717) is 0 Å². The molecule has 2 aliphatic rings. The molecule has 0 unspecified atom stereocenters. The van der Waals surface area contributed by atoms with Gasteiger partial charge < -0.3 is 9.31 Å². The van der Waals surface area contributed by atoms with Crippen LogP contribution in [0.25, 0.3) is 0 Å². The fourth-order valence-electron chi connectivity index (χ4n) is 2.46. The number of benzene rings is 1. The summed E-state index contributed by atoms with van der Waals surface area (Å²) in [4.78, 5) is 0.269. The summed E-state index contributed by atoms with van der Waals surface area (Å²) in [7, 11) is -3.95. The third-order valence-electron chi connectivity index (χ3n) is 5.10. The minimum atomic E-state index is -3.47. The van der Waals surface area contributed by atoms with E-state index in [1.54, 1.807) is 24.3 Å². The molecular weight excluding hydrogens is 313 g/mol. The average molecular weight is 337 g/mol. The molecule has 5 nitrogen and oxygen atoms in total. The van der Waals surface area contributed by atoms with E-state index in [9.17, 15) is 8.42 Å². The molecule has 0 radical (unpaired) electrons. The van der Waals surface area contributed by atoms with Crippen LogP contribution >= 0.6 is 0 Å². The Morgan fingerprint density at radius 3 is 1.87 bits per heavy atom. The lowest BCUT2D eigenvalue weighted by molar-refractivity contribution is 0.00578. The number of rotatable bonds is 4. The van der Waals surface area contributed by atoms with E-state index >= 15 is 0 Å². The highest BCUT2D eigenvalue weighted by atomic mass is 32.2. The number of hydrogen-bond acceptors (Lipinski definition) is 4. The molecule has 3 rings (SSSR count). The van der Waals surface area contributed by atoms with Crippen LogP contribution in [0, 0.1) is 0 Å². The van der Waals surface area contributed by atoms with E-state index in [-0.39, 0.29) is 10.4 Å². The Bertz CT molecular complexity index is 692. The number of hydrogen-bond donors (Lipinski definition) is 1. The van der Waals surface area contributed by atoms with Gasteiger partial charge in [0.25, 0.3) is 0 Å². The van der Waals surface area contributed by atoms with Crippen LogP contribution in [0.2, 0.25) is 0 Å². The van der Waals surface area contributed by atoms with E-state index in [0.717, 1.165) is 18.3 Å². The summed E-state index contributed by atoms with van der Waals surface area (Å²) in [5, 5.41) is 0. The van der Waals surface area contributed by atoms with Crippen molar-refractivity contribution in [3.8, 4) is 0 Å². The zero-order chi connectivity index (χ0) is 17.1. The quantitative estimate of drug-likeness (QED) is 0.851. The monoisotopic (exact) mass is 337 g/mol. The maximum Gasteiger partial charge on any atom is 0.494 e. The lowest BCUT2D eigenvalue weighted by atomic mass is 9.79. The van der Waals surface area contributed by atoms with Crippen molar-refractivity contribution in [2.24, 2.45) is 0 Å². The highest BCUT2D eigenvalue weighted by Gasteiger charge is 2.51. The zero-order valence-corrected chi connectivity index (χ0v) is 15.2. The summed E-state index contributed by atoms with van der Waals surface area (Å²) in [5.74, 6) is 0. The molecular formula is C16H24BNO4S. The van der Waals surface area contributed by atoms with Crippen LogP contribution in [0.3, 0.4) is 0 Å². The van der Waals surface area contributed by atoms with Crippen LogP contribution in [0.15, 0.2) is 29.2 Å². The molecule has 1 saturated heterocycles. The lowest BCUT2D eigenvalue weighted by Gasteiger charge is -2.32. The largest absolute Gasteiger partial charge is 0.494 e. The average Bonchev–Trinajstić information content (AvgIpc) is 3.08. The first kappa shape index (κ1) is 17.0. The molecule has 1 aliphatic carbocycles. The van der Waals surface area contributed by atoms with E-state index in [2.05, 4.69) is 4.72 Å². The van der Waals surface area contributed by atoms with Crippen LogP contribution < -0.4 is 10.2 Å². The maximum absolute atomic E-state index is 12.4. The van der Waals surface area contributed by atoms with Gasteiger partial charge in [-0.25, -0.2) is 13.1 Å². The van der Waals surface area contributed by atoms with Crippen LogP contribution in [0.5, 0.6) is 0 Å². The van der Waals surface area contributed by atoms with Crippen molar-refractivity contribution in [2.75, 3.05) is 0 Å². The smallest absolute Gasteiger partial charge is 0.399 e. The second kappa shape index (κ2) is 5.05. The van der Waals surface area contributed by atoms with Gasteiger partial charge in [-0.2, -0.15) is 0 Å². The third-order valence-corrected chi connectivity index (χ3v) is 6.75. The topological polar surface area (TPSA) is 64.6 Å². The predicted molar refractivity (Wildman–Crippen MR) is 90.1 cm³/mol. The molecule has 0 aromatic heterocycles. The van der Waals surface area contributed by atoms with Gasteiger partial charge in [-0.15, -0.1) is 0 Å². The van der Waals surface area contributed by atoms with Gasteiger partial charge in [-0.3, -0.25) is 0 Å². The number of nitrogens with one attached hydrogen (secondary N) is 1. The third kappa shape index (κ3) is 3.20. The van der Waals surface area contributed by atoms with Crippen LogP contribution in [-0.2, 0) is 19.3 Å². The fraction of sp³-hybridized carbons (Fsp3) is 0.625. The van der Waals surface area contributed by atoms with Gasteiger partial charge >= 0.3 is 7.12 Å². The molecule has 0 amide bonds. The zero-order valence-electron chi connectivity index (χ0n) is 14.3. The molecule has 1 heterocycles. The molecule has 1 aliphatic heterocycles. The van der Waals surface area contributed by atoms with Gasteiger partial charge in [0, 0.05) is 5.54 Å². The van der Waals surface area contributed by atoms with E-state index in [1.807, 2.05) is 34.6 Å². The summed E-state index contributed by atoms with van der Waals surface area (Å²) < 4.78 is 39.4. The number of sulfonamides is 1. The van der Waals surface area contributed by atoms with Gasteiger partial charge in [0.1, 0.15) is 0 Å². The molecule has 23 heavy (non-hydrogen) atoms. The maximum atomic E-state index is 12.4. The SMILES string of the molecule is CC1(NS(=O)(=O)c2ccc(B3OC(C)(C)C(C)(C)O3)cc2)CC1. The molecule has 0 bridgehead atoms. The van der Waals surface area contributed by atoms with Crippen molar-refractivity contribution in [2.45, 2.75) is 69.1 Å². The van der Waals surface area contributed by atoms with Crippen molar-refractivity contribution >= 4 is 22.6 Å². The summed E-state index contributed by atoms with van der Waals surface area (Å²) >= 11 is 0. The molecule has 126 valence electrons.